The van der Waals surface area contributed by atoms with Gasteiger partial charge in [-0.25, -0.2) is 0 Å². The van der Waals surface area contributed by atoms with E-state index >= 15 is 0 Å². The van der Waals surface area contributed by atoms with Crippen LogP contribution in [0.2, 0.25) is 0 Å². The molecule has 2 aliphatic heterocycles. The van der Waals surface area contributed by atoms with E-state index in [1.54, 1.807) is 19.1 Å². The maximum absolute atomic E-state index is 11.1. The zero-order valence-corrected chi connectivity index (χ0v) is 13.9. The third-order valence-electron chi connectivity index (χ3n) is 4.44. The van der Waals surface area contributed by atoms with Gasteiger partial charge in [0.2, 0.25) is 6.79 Å². The van der Waals surface area contributed by atoms with Crippen LogP contribution >= 0.6 is 0 Å². The number of nitro benzene ring substituents is 1. The van der Waals surface area contributed by atoms with Crippen molar-refractivity contribution in [3.63, 3.8) is 0 Å². The molecular weight excluding hydrogens is 322 g/mol. The average molecular weight is 339 g/mol. The van der Waals surface area contributed by atoms with Crippen LogP contribution in [0.1, 0.15) is 29.2 Å². The van der Waals surface area contributed by atoms with Gasteiger partial charge in [0, 0.05) is 28.8 Å². The fourth-order valence-electron chi connectivity index (χ4n) is 3.21. The van der Waals surface area contributed by atoms with Gasteiger partial charge in [0.1, 0.15) is 0 Å². The molecule has 0 spiro atoms. The molecule has 7 nitrogen and oxygen atoms in total. The minimum Gasteiger partial charge on any atom is -0.454 e. The molecule has 7 heteroatoms. The van der Waals surface area contributed by atoms with Gasteiger partial charge in [-0.3, -0.25) is 10.1 Å². The second kappa shape index (κ2) is 5.77. The lowest BCUT2D eigenvalue weighted by atomic mass is 9.93. The Kier molecular flexibility index (Phi) is 3.56. The highest BCUT2D eigenvalue weighted by Gasteiger charge is 2.24. The summed E-state index contributed by atoms with van der Waals surface area (Å²) in [7, 11) is 0. The Bertz CT molecular complexity index is 907. The molecule has 0 saturated carbocycles. The van der Waals surface area contributed by atoms with Crippen LogP contribution in [0.25, 0.3) is 0 Å². The molecule has 4 rings (SSSR count). The number of nitrogens with one attached hydrogen (secondary N) is 1. The Morgan fingerprint density at radius 3 is 2.72 bits per heavy atom. The van der Waals surface area contributed by atoms with Crippen molar-refractivity contribution < 1.29 is 14.4 Å². The number of fused-ring (bicyclic) bond motifs is 2. The van der Waals surface area contributed by atoms with Crippen molar-refractivity contribution in [2.45, 2.75) is 26.3 Å². The van der Waals surface area contributed by atoms with Crippen LogP contribution in [0.4, 0.5) is 5.69 Å². The zero-order valence-electron chi connectivity index (χ0n) is 13.9. The van der Waals surface area contributed by atoms with Crippen LogP contribution in [-0.4, -0.2) is 23.5 Å². The van der Waals surface area contributed by atoms with Crippen molar-refractivity contribution in [3.05, 3.63) is 62.7 Å². The summed E-state index contributed by atoms with van der Waals surface area (Å²) in [6, 6.07) is 9.14. The minimum atomic E-state index is -0.375. The highest BCUT2D eigenvalue weighted by atomic mass is 16.7. The number of ether oxygens (including phenoxy) is 2. The summed E-state index contributed by atoms with van der Waals surface area (Å²) in [6.45, 7) is 4.01. The Hall–Kier alpha value is -3.09. The van der Waals surface area contributed by atoms with Crippen molar-refractivity contribution >= 4 is 11.4 Å². The molecule has 0 radical (unpaired) electrons. The average Bonchev–Trinajstić information content (AvgIpc) is 2.95. The topological polar surface area (TPSA) is 86.0 Å². The van der Waals surface area contributed by atoms with Gasteiger partial charge in [0.05, 0.1) is 10.6 Å². The first-order valence-electron chi connectivity index (χ1n) is 8.04. The van der Waals surface area contributed by atoms with Crippen molar-refractivity contribution in [3.8, 4) is 11.5 Å². The first-order chi connectivity index (χ1) is 12.0. The maximum Gasteiger partial charge on any atom is 0.272 e. The van der Waals surface area contributed by atoms with E-state index in [1.807, 2.05) is 12.1 Å². The molecule has 0 unspecified atom stereocenters. The van der Waals surface area contributed by atoms with Gasteiger partial charge in [-0.2, -0.15) is 5.10 Å². The van der Waals surface area contributed by atoms with Crippen LogP contribution in [0.15, 0.2) is 35.4 Å². The molecule has 2 heterocycles. The molecule has 0 aliphatic carbocycles. The van der Waals surface area contributed by atoms with Gasteiger partial charge in [0.25, 0.3) is 5.69 Å². The molecular formula is C18H17N3O4. The second-order valence-electron chi connectivity index (χ2n) is 6.32. The highest BCUT2D eigenvalue weighted by Crippen LogP contribution is 2.37. The van der Waals surface area contributed by atoms with E-state index in [0.29, 0.717) is 11.3 Å². The monoisotopic (exact) mass is 339 g/mol. The largest absolute Gasteiger partial charge is 0.454 e. The summed E-state index contributed by atoms with van der Waals surface area (Å²) in [5, 5.41) is 15.6. The lowest BCUT2D eigenvalue weighted by molar-refractivity contribution is -0.385. The molecule has 2 aromatic carbocycles. The fourth-order valence-corrected chi connectivity index (χ4v) is 3.21. The third-order valence-corrected chi connectivity index (χ3v) is 4.44. The SMILES string of the molecule is Cc1cc(C2=NN[C@@H](C)Cc3cc4c(cc32)OCO4)ccc1[N+](=O)[O-]. The van der Waals surface area contributed by atoms with Gasteiger partial charge in [-0.1, -0.05) is 0 Å². The summed E-state index contributed by atoms with van der Waals surface area (Å²) < 4.78 is 11.0. The van der Waals surface area contributed by atoms with Gasteiger partial charge in [-0.05, 0) is 50.1 Å². The molecule has 128 valence electrons. The Labute approximate surface area is 144 Å². The molecule has 1 atom stereocenters. The maximum atomic E-state index is 11.1. The quantitative estimate of drug-likeness (QED) is 0.671. The minimum absolute atomic E-state index is 0.102. The third kappa shape index (κ3) is 2.67. The smallest absolute Gasteiger partial charge is 0.272 e. The first kappa shape index (κ1) is 15.4. The standard InChI is InChI=1S/C18H17N3O4/c1-10-5-12(3-4-15(10)21(22)23)18-14-8-17-16(24-9-25-17)7-13(14)6-11(2)19-20-18/h3-5,7-8,11,19H,6,9H2,1-2H3/t11-/m0/s1. The van der Waals surface area contributed by atoms with E-state index < -0.39 is 0 Å². The predicted molar refractivity (Wildman–Crippen MR) is 92.3 cm³/mol. The normalized spacial score (nSPS) is 18.0. The molecule has 0 fully saturated rings. The van der Waals surface area contributed by atoms with E-state index in [1.165, 1.54) is 6.07 Å². The second-order valence-corrected chi connectivity index (χ2v) is 6.32. The number of nitrogens with zero attached hydrogens (tertiary/aromatic N) is 2. The lowest BCUT2D eigenvalue weighted by Crippen LogP contribution is -2.22. The predicted octanol–water partition coefficient (Wildman–Crippen LogP) is 2.92. The van der Waals surface area contributed by atoms with Gasteiger partial charge in [0.15, 0.2) is 11.5 Å². The molecule has 25 heavy (non-hydrogen) atoms. The van der Waals surface area contributed by atoms with Crippen LogP contribution in [-0.2, 0) is 6.42 Å². The number of benzene rings is 2. The zero-order chi connectivity index (χ0) is 17.6. The molecule has 0 bridgehead atoms. The Balaban J connectivity index is 1.85. The summed E-state index contributed by atoms with van der Waals surface area (Å²) >= 11 is 0. The molecule has 0 saturated heterocycles. The van der Waals surface area contributed by atoms with Gasteiger partial charge in [-0.15, -0.1) is 0 Å². The van der Waals surface area contributed by atoms with Crippen LogP contribution < -0.4 is 14.9 Å². The summed E-state index contributed by atoms with van der Waals surface area (Å²) in [4.78, 5) is 10.7. The van der Waals surface area contributed by atoms with Gasteiger partial charge < -0.3 is 14.9 Å². The van der Waals surface area contributed by atoms with E-state index in [0.717, 1.165) is 34.6 Å². The van der Waals surface area contributed by atoms with Crippen molar-refractivity contribution in [1.29, 1.82) is 0 Å². The fraction of sp³-hybridized carbons (Fsp3) is 0.278. The van der Waals surface area contributed by atoms with Crippen LogP contribution in [0, 0.1) is 17.0 Å². The molecule has 1 N–H and O–H groups in total. The first-order valence-corrected chi connectivity index (χ1v) is 8.04. The highest BCUT2D eigenvalue weighted by molar-refractivity contribution is 6.14. The van der Waals surface area contributed by atoms with Crippen molar-refractivity contribution in [2.75, 3.05) is 6.79 Å². The number of rotatable bonds is 2. The number of hydrogen-bond donors (Lipinski definition) is 1. The Morgan fingerprint density at radius 1 is 1.24 bits per heavy atom. The van der Waals surface area contributed by atoms with Crippen LogP contribution in [0.3, 0.4) is 0 Å². The van der Waals surface area contributed by atoms with E-state index in [-0.39, 0.29) is 23.4 Å². The molecule has 0 aromatic heterocycles. The van der Waals surface area contributed by atoms with Crippen molar-refractivity contribution in [1.82, 2.24) is 5.43 Å². The number of hydrogen-bond acceptors (Lipinski definition) is 6. The van der Waals surface area contributed by atoms with E-state index in [9.17, 15) is 10.1 Å². The molecule has 2 aromatic rings. The summed E-state index contributed by atoms with van der Waals surface area (Å²) in [5.74, 6) is 1.44. The number of nitro groups is 1. The van der Waals surface area contributed by atoms with Crippen LogP contribution in [0.5, 0.6) is 11.5 Å². The number of aryl methyl sites for hydroxylation is 1. The molecule has 0 amide bonds. The lowest BCUT2D eigenvalue weighted by Gasteiger charge is -2.11. The summed E-state index contributed by atoms with van der Waals surface area (Å²) in [5.41, 5.74) is 7.48. The Morgan fingerprint density at radius 2 is 2.00 bits per heavy atom. The van der Waals surface area contributed by atoms with Gasteiger partial charge >= 0.3 is 0 Å². The number of hydrazone groups is 1. The molecule has 2 aliphatic rings. The van der Waals surface area contributed by atoms with E-state index in [4.69, 9.17) is 9.47 Å². The van der Waals surface area contributed by atoms with Crippen molar-refractivity contribution in [2.24, 2.45) is 5.10 Å². The van der Waals surface area contributed by atoms with E-state index in [2.05, 4.69) is 17.5 Å². The summed E-state index contributed by atoms with van der Waals surface area (Å²) in [6.07, 6.45) is 0.797.